The van der Waals surface area contributed by atoms with Gasteiger partial charge in [0, 0.05) is 5.41 Å². The molecule has 3 rings (SSSR count). The van der Waals surface area contributed by atoms with Gasteiger partial charge >= 0.3 is 23.9 Å². The van der Waals surface area contributed by atoms with E-state index in [9.17, 15) is 19.2 Å². The Morgan fingerprint density at radius 2 is 1.06 bits per heavy atom. The monoisotopic (exact) mass is 456 g/mol. The van der Waals surface area contributed by atoms with Gasteiger partial charge in [-0.25, -0.2) is 19.2 Å². The second kappa shape index (κ2) is 12.3. The van der Waals surface area contributed by atoms with Gasteiger partial charge in [0.1, 0.15) is 11.1 Å². The van der Waals surface area contributed by atoms with Gasteiger partial charge in [0.2, 0.25) is 11.5 Å². The largest absolute Gasteiger partial charge is 0.478 e. The Morgan fingerprint density at radius 3 is 1.28 bits per heavy atom. The van der Waals surface area contributed by atoms with Gasteiger partial charge in [-0.3, -0.25) is 0 Å². The lowest BCUT2D eigenvalue weighted by Crippen LogP contribution is -2.31. The highest BCUT2D eigenvalue weighted by molar-refractivity contribution is 6.00. The standard InChI is InChI=1S/C8H16O2.2C6H4O5/c9-6-8(7-10)4-2-1-3-5-8;2*7-5(8)3-1-2-11-4(3)6(9)10/h9-10H,1-7H2;2*1-2H,(H,7,8)(H,9,10). The quantitative estimate of drug-likeness (QED) is 0.369. The number of furan rings is 2. The normalized spacial score (nSPS) is 14.2. The number of aliphatic hydroxyl groups is 2. The fourth-order valence-corrected chi connectivity index (χ4v) is 2.95. The molecule has 0 unspecified atom stereocenters. The van der Waals surface area contributed by atoms with Crippen molar-refractivity contribution >= 4 is 23.9 Å². The van der Waals surface area contributed by atoms with Crippen molar-refractivity contribution < 1.29 is 58.7 Å². The summed E-state index contributed by atoms with van der Waals surface area (Å²) < 4.78 is 8.81. The van der Waals surface area contributed by atoms with Crippen molar-refractivity contribution in [3.63, 3.8) is 0 Å². The summed E-state index contributed by atoms with van der Waals surface area (Å²) in [5.41, 5.74) is -0.798. The highest BCUT2D eigenvalue weighted by atomic mass is 16.4. The number of carboxylic acid groups (broad SMARTS) is 4. The van der Waals surface area contributed by atoms with E-state index in [2.05, 4.69) is 8.83 Å². The topological polar surface area (TPSA) is 216 Å². The average Bonchev–Trinajstić information content (AvgIpc) is 3.45. The molecular weight excluding hydrogens is 432 g/mol. The summed E-state index contributed by atoms with van der Waals surface area (Å²) in [6, 6.07) is 2.18. The van der Waals surface area contributed by atoms with E-state index in [4.69, 9.17) is 30.6 Å². The summed E-state index contributed by atoms with van der Waals surface area (Å²) in [6.07, 6.45) is 7.64. The van der Waals surface area contributed by atoms with E-state index in [1.165, 1.54) is 19.3 Å². The molecule has 0 atom stereocenters. The van der Waals surface area contributed by atoms with Crippen LogP contribution in [0.5, 0.6) is 0 Å². The zero-order valence-corrected chi connectivity index (χ0v) is 16.9. The Labute approximate surface area is 181 Å². The second-order valence-corrected chi connectivity index (χ2v) is 6.92. The minimum Gasteiger partial charge on any atom is -0.478 e. The predicted octanol–water partition coefficient (Wildman–Crippen LogP) is 2.27. The molecule has 0 saturated heterocycles. The molecule has 1 aliphatic carbocycles. The zero-order valence-electron chi connectivity index (χ0n) is 16.9. The van der Waals surface area contributed by atoms with Crippen molar-refractivity contribution in [3.8, 4) is 0 Å². The Morgan fingerprint density at radius 1 is 0.688 bits per heavy atom. The van der Waals surface area contributed by atoms with Crippen molar-refractivity contribution in [2.75, 3.05) is 13.2 Å². The van der Waals surface area contributed by atoms with Crippen LogP contribution in [0.3, 0.4) is 0 Å². The number of rotatable bonds is 6. The summed E-state index contributed by atoms with van der Waals surface area (Å²) in [6.45, 7) is 0.312. The minimum atomic E-state index is -1.38. The minimum absolute atomic E-state index is 0.127. The first-order valence-electron chi connectivity index (χ1n) is 9.38. The number of carbonyl (C=O) groups is 4. The van der Waals surface area contributed by atoms with E-state index < -0.39 is 35.4 Å². The first-order chi connectivity index (χ1) is 15.1. The number of aliphatic hydroxyl groups excluding tert-OH is 2. The SMILES string of the molecule is O=C(O)c1ccoc1C(=O)O.O=C(O)c1ccoc1C(=O)O.OCC1(CO)CCCCC1. The summed E-state index contributed by atoms with van der Waals surface area (Å²) >= 11 is 0. The van der Waals surface area contributed by atoms with Crippen LogP contribution in [0.2, 0.25) is 0 Å². The van der Waals surface area contributed by atoms with Gasteiger partial charge in [-0.05, 0) is 25.0 Å². The van der Waals surface area contributed by atoms with E-state index in [-0.39, 0.29) is 29.8 Å². The van der Waals surface area contributed by atoms with Crippen LogP contribution in [-0.2, 0) is 0 Å². The summed E-state index contributed by atoms with van der Waals surface area (Å²) in [7, 11) is 0. The van der Waals surface area contributed by atoms with Crippen LogP contribution in [0.25, 0.3) is 0 Å². The third-order valence-corrected chi connectivity index (χ3v) is 4.76. The molecule has 1 saturated carbocycles. The maximum Gasteiger partial charge on any atom is 0.372 e. The molecule has 0 bridgehead atoms. The summed E-state index contributed by atoms with van der Waals surface area (Å²) in [5.74, 6) is -6.47. The van der Waals surface area contributed by atoms with Crippen molar-refractivity contribution in [1.82, 2.24) is 0 Å². The van der Waals surface area contributed by atoms with Gasteiger partial charge in [0.05, 0.1) is 25.7 Å². The van der Waals surface area contributed by atoms with E-state index in [1.54, 1.807) is 0 Å². The smallest absolute Gasteiger partial charge is 0.372 e. The van der Waals surface area contributed by atoms with Gasteiger partial charge in [0.25, 0.3) is 0 Å². The molecule has 0 spiro atoms. The van der Waals surface area contributed by atoms with E-state index >= 15 is 0 Å². The molecule has 32 heavy (non-hydrogen) atoms. The number of hydrogen-bond donors (Lipinski definition) is 6. The van der Waals surface area contributed by atoms with Gasteiger partial charge in [-0.15, -0.1) is 0 Å². The Hall–Kier alpha value is -3.64. The molecule has 0 radical (unpaired) electrons. The molecule has 2 aromatic heterocycles. The highest BCUT2D eigenvalue weighted by Gasteiger charge is 2.30. The Bertz CT molecular complexity index is 791. The zero-order chi connectivity index (χ0) is 24.3. The Kier molecular flexibility index (Phi) is 10.1. The lowest BCUT2D eigenvalue weighted by atomic mass is 9.75. The second-order valence-electron chi connectivity index (χ2n) is 6.92. The van der Waals surface area contributed by atoms with Crippen LogP contribution in [-0.4, -0.2) is 67.7 Å². The molecular formula is C20H24O12. The fraction of sp³-hybridized carbons (Fsp3) is 0.400. The number of hydrogen-bond acceptors (Lipinski definition) is 8. The molecule has 1 aliphatic rings. The van der Waals surface area contributed by atoms with E-state index in [0.717, 1.165) is 37.5 Å². The van der Waals surface area contributed by atoms with Crippen LogP contribution >= 0.6 is 0 Å². The maximum atomic E-state index is 10.3. The molecule has 2 aromatic rings. The highest BCUT2D eigenvalue weighted by Crippen LogP contribution is 2.34. The molecule has 12 heteroatoms. The number of carboxylic acids is 4. The third-order valence-electron chi connectivity index (χ3n) is 4.76. The average molecular weight is 456 g/mol. The lowest BCUT2D eigenvalue weighted by Gasteiger charge is -2.33. The van der Waals surface area contributed by atoms with Crippen molar-refractivity contribution in [2.24, 2.45) is 5.41 Å². The molecule has 0 amide bonds. The van der Waals surface area contributed by atoms with E-state index in [1.807, 2.05) is 0 Å². The molecule has 2 heterocycles. The van der Waals surface area contributed by atoms with Crippen LogP contribution in [0.4, 0.5) is 0 Å². The van der Waals surface area contributed by atoms with Crippen LogP contribution in [0.15, 0.2) is 33.5 Å². The first-order valence-corrected chi connectivity index (χ1v) is 9.38. The van der Waals surface area contributed by atoms with Crippen molar-refractivity contribution in [3.05, 3.63) is 47.3 Å². The molecule has 1 fully saturated rings. The van der Waals surface area contributed by atoms with Gasteiger partial charge < -0.3 is 39.5 Å². The number of aromatic carboxylic acids is 4. The van der Waals surface area contributed by atoms with Crippen LogP contribution in [0, 0.1) is 5.41 Å². The van der Waals surface area contributed by atoms with Crippen molar-refractivity contribution in [2.45, 2.75) is 32.1 Å². The maximum absolute atomic E-state index is 10.3. The summed E-state index contributed by atoms with van der Waals surface area (Å²) in [5, 5.41) is 51.4. The molecule has 12 nitrogen and oxygen atoms in total. The van der Waals surface area contributed by atoms with Crippen LogP contribution < -0.4 is 0 Å². The molecule has 6 N–H and O–H groups in total. The van der Waals surface area contributed by atoms with Gasteiger partial charge in [0.15, 0.2) is 0 Å². The first kappa shape index (κ1) is 26.4. The van der Waals surface area contributed by atoms with Crippen LogP contribution in [0.1, 0.15) is 73.9 Å². The Balaban J connectivity index is 0.000000240. The third kappa shape index (κ3) is 7.25. The van der Waals surface area contributed by atoms with E-state index in [0.29, 0.717) is 0 Å². The summed E-state index contributed by atoms with van der Waals surface area (Å²) in [4.78, 5) is 41.0. The van der Waals surface area contributed by atoms with Gasteiger partial charge in [-0.2, -0.15) is 0 Å². The predicted molar refractivity (Wildman–Crippen MR) is 105 cm³/mol. The molecule has 0 aliphatic heterocycles. The van der Waals surface area contributed by atoms with Crippen molar-refractivity contribution in [1.29, 1.82) is 0 Å². The fourth-order valence-electron chi connectivity index (χ4n) is 2.95. The molecule has 176 valence electrons. The molecule has 0 aromatic carbocycles. The lowest BCUT2D eigenvalue weighted by molar-refractivity contribution is 0.0234. The van der Waals surface area contributed by atoms with Gasteiger partial charge in [-0.1, -0.05) is 19.3 Å².